The Bertz CT molecular complexity index is 888. The third-order valence-corrected chi connectivity index (χ3v) is 5.80. The number of aromatic nitrogens is 2. The molecule has 0 aliphatic carbocycles. The summed E-state index contributed by atoms with van der Waals surface area (Å²) in [5, 5.41) is 0. The molecule has 1 N–H and O–H groups in total. The third-order valence-electron chi connectivity index (χ3n) is 5.80. The number of benzene rings is 1. The highest BCUT2D eigenvalue weighted by Gasteiger charge is 2.24. The predicted molar refractivity (Wildman–Crippen MR) is 115 cm³/mol. The number of piperidine rings is 1. The van der Waals surface area contributed by atoms with Gasteiger partial charge >= 0.3 is 0 Å². The zero-order valence-corrected chi connectivity index (χ0v) is 17.7. The molecule has 0 radical (unpaired) electrons. The van der Waals surface area contributed by atoms with Gasteiger partial charge in [0.1, 0.15) is 11.5 Å². The minimum absolute atomic E-state index is 0.0869. The van der Waals surface area contributed by atoms with Crippen LogP contribution in [-0.2, 0) is 11.3 Å². The molecule has 2 aliphatic heterocycles. The van der Waals surface area contributed by atoms with Gasteiger partial charge in [-0.1, -0.05) is 0 Å². The number of nitrogens with zero attached hydrogens (tertiary/aromatic N) is 3. The Labute approximate surface area is 176 Å². The highest BCUT2D eigenvalue weighted by Crippen LogP contribution is 2.29. The van der Waals surface area contributed by atoms with Crippen molar-refractivity contribution in [1.82, 2.24) is 14.9 Å². The van der Waals surface area contributed by atoms with Crippen LogP contribution in [0.1, 0.15) is 30.0 Å². The van der Waals surface area contributed by atoms with Crippen LogP contribution < -0.4 is 19.9 Å². The van der Waals surface area contributed by atoms with Crippen molar-refractivity contribution in [3.63, 3.8) is 0 Å². The van der Waals surface area contributed by atoms with Gasteiger partial charge in [-0.3, -0.25) is 14.7 Å². The van der Waals surface area contributed by atoms with Gasteiger partial charge in [-0.2, -0.15) is 0 Å². The number of hydrogen-bond acceptors (Lipinski definition) is 7. The van der Waals surface area contributed by atoms with Crippen LogP contribution in [0.3, 0.4) is 0 Å². The number of hydrogen-bond donors (Lipinski definition) is 1. The van der Waals surface area contributed by atoms with Gasteiger partial charge in [-0.15, -0.1) is 0 Å². The molecular formula is C22H30N4O4. The first kappa shape index (κ1) is 20.7. The molecule has 0 spiro atoms. The van der Waals surface area contributed by atoms with E-state index in [0.717, 1.165) is 68.3 Å². The van der Waals surface area contributed by atoms with E-state index >= 15 is 0 Å². The zero-order valence-electron chi connectivity index (χ0n) is 17.7. The fraction of sp³-hybridized carbons (Fsp3) is 0.545. The van der Waals surface area contributed by atoms with Crippen molar-refractivity contribution in [1.29, 1.82) is 0 Å². The Morgan fingerprint density at radius 1 is 1.10 bits per heavy atom. The van der Waals surface area contributed by atoms with Gasteiger partial charge in [0, 0.05) is 44.2 Å². The van der Waals surface area contributed by atoms with E-state index in [9.17, 15) is 4.79 Å². The van der Waals surface area contributed by atoms with Gasteiger partial charge < -0.3 is 19.1 Å². The summed E-state index contributed by atoms with van der Waals surface area (Å²) in [6.45, 7) is 5.53. The summed E-state index contributed by atoms with van der Waals surface area (Å²) >= 11 is 0. The molecule has 4 rings (SSSR count). The molecule has 0 amide bonds. The predicted octanol–water partition coefficient (Wildman–Crippen LogP) is 2.00. The summed E-state index contributed by atoms with van der Waals surface area (Å²) in [6.07, 6.45) is 2.12. The molecule has 2 aromatic rings. The average Bonchev–Trinajstić information content (AvgIpc) is 2.79. The maximum atomic E-state index is 12.3. The van der Waals surface area contributed by atoms with Crippen LogP contribution in [0.25, 0.3) is 0 Å². The molecule has 30 heavy (non-hydrogen) atoms. The van der Waals surface area contributed by atoms with Crippen LogP contribution in [0.15, 0.2) is 29.1 Å². The van der Waals surface area contributed by atoms with E-state index in [1.807, 2.05) is 18.2 Å². The minimum Gasteiger partial charge on any atom is -0.497 e. The standard InChI is InChI=1S/C22H30N4O4/c1-28-18-10-16(11-19(12-18)29-2)14-25-5-3-4-17(15-25)20-13-21(27)24-22(23-20)26-6-8-30-9-7-26/h10-13,17H,3-9,14-15H2,1-2H3,(H,23,24,27). The van der Waals surface area contributed by atoms with Crippen LogP contribution in [0.5, 0.6) is 11.5 Å². The zero-order chi connectivity index (χ0) is 20.9. The maximum absolute atomic E-state index is 12.3. The first-order valence-electron chi connectivity index (χ1n) is 10.5. The number of rotatable bonds is 6. The smallest absolute Gasteiger partial charge is 0.252 e. The van der Waals surface area contributed by atoms with E-state index in [0.29, 0.717) is 19.2 Å². The van der Waals surface area contributed by atoms with Crippen molar-refractivity contribution in [2.45, 2.75) is 25.3 Å². The molecule has 2 fully saturated rings. The van der Waals surface area contributed by atoms with Crippen molar-refractivity contribution in [2.75, 3.05) is 58.5 Å². The summed E-state index contributed by atoms with van der Waals surface area (Å²) in [6, 6.07) is 7.64. The van der Waals surface area contributed by atoms with Crippen molar-refractivity contribution in [2.24, 2.45) is 0 Å². The summed E-state index contributed by atoms with van der Waals surface area (Å²) in [5.74, 6) is 2.50. The van der Waals surface area contributed by atoms with Gasteiger partial charge in [0.2, 0.25) is 5.95 Å². The van der Waals surface area contributed by atoms with E-state index in [4.69, 9.17) is 19.2 Å². The Morgan fingerprint density at radius 2 is 1.83 bits per heavy atom. The Kier molecular flexibility index (Phi) is 6.54. The lowest BCUT2D eigenvalue weighted by molar-refractivity contribution is 0.122. The van der Waals surface area contributed by atoms with E-state index in [1.165, 1.54) is 0 Å². The SMILES string of the molecule is COc1cc(CN2CCCC(c3cc(=O)[nH]c(N4CCOCC4)n3)C2)cc(OC)c1. The van der Waals surface area contributed by atoms with Gasteiger partial charge in [0.05, 0.1) is 33.1 Å². The summed E-state index contributed by atoms with van der Waals surface area (Å²) in [4.78, 5) is 24.5. The lowest BCUT2D eigenvalue weighted by Gasteiger charge is -2.33. The molecule has 2 saturated heterocycles. The highest BCUT2D eigenvalue weighted by molar-refractivity contribution is 5.38. The molecule has 1 aromatic carbocycles. The number of morpholine rings is 1. The average molecular weight is 415 g/mol. The minimum atomic E-state index is -0.0869. The summed E-state index contributed by atoms with van der Waals surface area (Å²) < 4.78 is 16.2. The van der Waals surface area contributed by atoms with Crippen molar-refractivity contribution >= 4 is 5.95 Å². The fourth-order valence-corrected chi connectivity index (χ4v) is 4.25. The number of ether oxygens (including phenoxy) is 3. The second-order valence-electron chi connectivity index (χ2n) is 7.89. The first-order chi connectivity index (χ1) is 14.6. The Morgan fingerprint density at radius 3 is 2.53 bits per heavy atom. The van der Waals surface area contributed by atoms with Crippen molar-refractivity contribution in [3.05, 3.63) is 45.9 Å². The molecular weight excluding hydrogens is 384 g/mol. The number of H-pyrrole nitrogens is 1. The number of aromatic amines is 1. The van der Waals surface area contributed by atoms with Crippen LogP contribution in [-0.4, -0.2) is 68.5 Å². The lowest BCUT2D eigenvalue weighted by atomic mass is 9.94. The van der Waals surface area contributed by atoms with E-state index < -0.39 is 0 Å². The van der Waals surface area contributed by atoms with Crippen molar-refractivity contribution in [3.8, 4) is 11.5 Å². The molecule has 3 heterocycles. The monoisotopic (exact) mass is 414 g/mol. The highest BCUT2D eigenvalue weighted by atomic mass is 16.5. The molecule has 1 unspecified atom stereocenters. The number of nitrogens with one attached hydrogen (secondary N) is 1. The summed E-state index contributed by atoms with van der Waals surface area (Å²) in [5.41, 5.74) is 1.95. The van der Waals surface area contributed by atoms with Crippen LogP contribution in [0, 0.1) is 0 Å². The Balaban J connectivity index is 1.49. The van der Waals surface area contributed by atoms with Gasteiger partial charge in [0.15, 0.2) is 0 Å². The second kappa shape index (κ2) is 9.49. The van der Waals surface area contributed by atoms with Crippen molar-refractivity contribution < 1.29 is 14.2 Å². The fourth-order valence-electron chi connectivity index (χ4n) is 4.25. The molecule has 0 bridgehead atoms. The van der Waals surface area contributed by atoms with Crippen LogP contribution in [0.4, 0.5) is 5.95 Å². The molecule has 1 atom stereocenters. The molecule has 1 aromatic heterocycles. The molecule has 8 nitrogen and oxygen atoms in total. The van der Waals surface area contributed by atoms with Gasteiger partial charge in [-0.05, 0) is 37.1 Å². The molecule has 8 heteroatoms. The van der Waals surface area contributed by atoms with E-state index in [1.54, 1.807) is 20.3 Å². The maximum Gasteiger partial charge on any atom is 0.252 e. The van der Waals surface area contributed by atoms with Gasteiger partial charge in [0.25, 0.3) is 5.56 Å². The van der Waals surface area contributed by atoms with Gasteiger partial charge in [-0.25, -0.2) is 4.98 Å². The van der Waals surface area contributed by atoms with E-state index in [2.05, 4.69) is 14.8 Å². The normalized spacial score (nSPS) is 20.2. The first-order valence-corrected chi connectivity index (χ1v) is 10.5. The third kappa shape index (κ3) is 4.94. The van der Waals surface area contributed by atoms with Crippen LogP contribution in [0.2, 0.25) is 0 Å². The summed E-state index contributed by atoms with van der Waals surface area (Å²) in [7, 11) is 3.33. The van der Waals surface area contributed by atoms with E-state index in [-0.39, 0.29) is 11.5 Å². The number of methoxy groups -OCH3 is 2. The quantitative estimate of drug-likeness (QED) is 0.774. The number of anilines is 1. The topological polar surface area (TPSA) is 79.9 Å². The largest absolute Gasteiger partial charge is 0.497 e. The second-order valence-corrected chi connectivity index (χ2v) is 7.89. The molecule has 162 valence electrons. The van der Waals surface area contributed by atoms with Crippen LogP contribution >= 0.6 is 0 Å². The number of likely N-dealkylation sites (tertiary alicyclic amines) is 1. The Hall–Kier alpha value is -2.58. The molecule has 0 saturated carbocycles. The molecule has 2 aliphatic rings. The lowest BCUT2D eigenvalue weighted by Crippen LogP contribution is -2.39.